The summed E-state index contributed by atoms with van der Waals surface area (Å²) in [6.45, 7) is 0.648. The molecule has 0 unspecified atom stereocenters. The van der Waals surface area contributed by atoms with Crippen LogP contribution in [0.25, 0.3) is 0 Å². The molecule has 0 saturated carbocycles. The van der Waals surface area contributed by atoms with E-state index in [4.69, 9.17) is 5.73 Å². The zero-order chi connectivity index (χ0) is 14.0. The van der Waals surface area contributed by atoms with Crippen LogP contribution in [0.15, 0.2) is 22.9 Å². The number of likely N-dealkylation sites (N-methyl/N-ethyl adjacent to an activating group) is 1. The number of likely N-dealkylation sites (tertiary alicyclic amines) is 1. The van der Waals surface area contributed by atoms with Gasteiger partial charge in [0.25, 0.3) is 0 Å². The fourth-order valence-corrected chi connectivity index (χ4v) is 2.92. The first-order chi connectivity index (χ1) is 8.98. The van der Waals surface area contributed by atoms with Crippen LogP contribution in [0.4, 0.5) is 0 Å². The number of carbonyl (C=O) groups excluding carboxylic acids is 2. The van der Waals surface area contributed by atoms with Crippen LogP contribution in [-0.2, 0) is 15.0 Å². The average Bonchev–Trinajstić information content (AvgIpc) is 2.51. The van der Waals surface area contributed by atoms with E-state index in [9.17, 15) is 9.59 Å². The van der Waals surface area contributed by atoms with E-state index in [0.717, 1.165) is 17.3 Å². The monoisotopic (exact) mass is 325 g/mol. The molecule has 1 aromatic rings. The molecule has 2 N–H and O–H groups in total. The minimum absolute atomic E-state index is 0.239. The van der Waals surface area contributed by atoms with Gasteiger partial charge in [0.15, 0.2) is 5.41 Å². The Balaban J connectivity index is 2.59. The molecular formula is C13H16BrN3O2. The lowest BCUT2D eigenvalue weighted by Gasteiger charge is -2.31. The van der Waals surface area contributed by atoms with Gasteiger partial charge in [-0.05, 0) is 46.8 Å². The minimum atomic E-state index is -1.29. The third-order valence-electron chi connectivity index (χ3n) is 3.63. The van der Waals surface area contributed by atoms with Crippen LogP contribution in [0.2, 0.25) is 0 Å². The zero-order valence-corrected chi connectivity index (χ0v) is 12.3. The molecule has 0 spiro atoms. The largest absolute Gasteiger partial charge is 0.368 e. The van der Waals surface area contributed by atoms with Gasteiger partial charge in [0.1, 0.15) is 0 Å². The molecule has 1 fully saturated rings. The molecule has 0 radical (unpaired) electrons. The van der Waals surface area contributed by atoms with Gasteiger partial charge in [-0.25, -0.2) is 0 Å². The van der Waals surface area contributed by atoms with Crippen molar-refractivity contribution in [2.45, 2.75) is 24.7 Å². The molecule has 2 rings (SSSR count). The van der Waals surface area contributed by atoms with Gasteiger partial charge in [-0.2, -0.15) is 0 Å². The molecule has 2 amide bonds. The Morgan fingerprint density at radius 2 is 2.21 bits per heavy atom. The van der Waals surface area contributed by atoms with Gasteiger partial charge >= 0.3 is 0 Å². The third kappa shape index (κ3) is 2.36. The summed E-state index contributed by atoms with van der Waals surface area (Å²) >= 11 is 3.32. The molecule has 1 aliphatic rings. The number of aromatic nitrogens is 1. The maximum atomic E-state index is 12.6. The lowest BCUT2D eigenvalue weighted by molar-refractivity contribution is -0.142. The molecule has 19 heavy (non-hydrogen) atoms. The van der Waals surface area contributed by atoms with Crippen molar-refractivity contribution in [3.63, 3.8) is 0 Å². The third-order valence-corrected chi connectivity index (χ3v) is 4.06. The second kappa shape index (κ2) is 5.28. The highest BCUT2D eigenvalue weighted by Gasteiger charge is 2.48. The van der Waals surface area contributed by atoms with E-state index in [1.165, 1.54) is 0 Å². The molecule has 5 nitrogen and oxygen atoms in total. The van der Waals surface area contributed by atoms with E-state index in [-0.39, 0.29) is 5.91 Å². The van der Waals surface area contributed by atoms with Gasteiger partial charge in [0.05, 0.1) is 0 Å². The Kier molecular flexibility index (Phi) is 3.89. The fraction of sp³-hybridized carbons (Fsp3) is 0.462. The normalized spacial score (nSPS) is 24.1. The van der Waals surface area contributed by atoms with Crippen molar-refractivity contribution in [2.24, 2.45) is 5.73 Å². The summed E-state index contributed by atoms with van der Waals surface area (Å²) in [6.07, 6.45) is 5.25. The van der Waals surface area contributed by atoms with Crippen LogP contribution in [0.1, 0.15) is 24.8 Å². The van der Waals surface area contributed by atoms with Crippen LogP contribution >= 0.6 is 15.9 Å². The number of nitrogens with zero attached hydrogens (tertiary/aromatic N) is 2. The van der Waals surface area contributed by atoms with Gasteiger partial charge in [0, 0.05) is 30.5 Å². The van der Waals surface area contributed by atoms with E-state index in [2.05, 4.69) is 20.9 Å². The Hall–Kier alpha value is -1.43. The van der Waals surface area contributed by atoms with Crippen LogP contribution in [-0.4, -0.2) is 35.3 Å². The second-order valence-corrected chi connectivity index (χ2v) is 5.76. The summed E-state index contributed by atoms with van der Waals surface area (Å²) in [5.41, 5.74) is 4.85. The first kappa shape index (κ1) is 14.0. The number of amides is 2. The molecule has 1 atom stereocenters. The number of hydrogen-bond donors (Lipinski definition) is 1. The molecule has 2 heterocycles. The van der Waals surface area contributed by atoms with E-state index >= 15 is 0 Å². The predicted molar refractivity (Wildman–Crippen MR) is 74.3 cm³/mol. The lowest BCUT2D eigenvalue weighted by atomic mass is 9.76. The van der Waals surface area contributed by atoms with Gasteiger partial charge in [-0.15, -0.1) is 0 Å². The van der Waals surface area contributed by atoms with E-state index in [1.54, 1.807) is 30.4 Å². The Morgan fingerprint density at radius 1 is 1.47 bits per heavy atom. The molecular weight excluding hydrogens is 310 g/mol. The predicted octanol–water partition coefficient (Wildman–Crippen LogP) is 1.21. The average molecular weight is 326 g/mol. The maximum absolute atomic E-state index is 12.6. The summed E-state index contributed by atoms with van der Waals surface area (Å²) in [6, 6.07) is 1.74. The summed E-state index contributed by atoms with van der Waals surface area (Å²) in [7, 11) is 1.71. The van der Waals surface area contributed by atoms with Crippen molar-refractivity contribution in [1.29, 1.82) is 0 Å². The Labute approximate surface area is 120 Å². The SMILES string of the molecule is CN1CCCC[C@@](C(N)=O)(c2cncc(Br)c2)C1=O. The van der Waals surface area contributed by atoms with Gasteiger partial charge < -0.3 is 10.6 Å². The lowest BCUT2D eigenvalue weighted by Crippen LogP contribution is -2.52. The van der Waals surface area contributed by atoms with Gasteiger partial charge in [-0.3, -0.25) is 14.6 Å². The quantitative estimate of drug-likeness (QED) is 0.830. The number of nitrogens with two attached hydrogens (primary N) is 1. The van der Waals surface area contributed by atoms with Crippen molar-refractivity contribution >= 4 is 27.7 Å². The number of halogens is 1. The van der Waals surface area contributed by atoms with Crippen LogP contribution in [0.5, 0.6) is 0 Å². The molecule has 1 aromatic heterocycles. The number of hydrogen-bond acceptors (Lipinski definition) is 3. The smallest absolute Gasteiger partial charge is 0.242 e. The Morgan fingerprint density at radius 3 is 2.84 bits per heavy atom. The Bertz CT molecular complexity index is 520. The van der Waals surface area contributed by atoms with Gasteiger partial charge in [-0.1, -0.05) is 0 Å². The van der Waals surface area contributed by atoms with Crippen molar-refractivity contribution in [3.8, 4) is 0 Å². The first-order valence-corrected chi connectivity index (χ1v) is 6.94. The molecule has 6 heteroatoms. The van der Waals surface area contributed by atoms with Crippen molar-refractivity contribution in [2.75, 3.05) is 13.6 Å². The molecule has 1 aliphatic heterocycles. The van der Waals surface area contributed by atoms with Gasteiger partial charge in [0.2, 0.25) is 11.8 Å². The summed E-state index contributed by atoms with van der Waals surface area (Å²) in [5.74, 6) is -0.844. The topological polar surface area (TPSA) is 76.3 Å². The maximum Gasteiger partial charge on any atom is 0.242 e. The molecule has 1 saturated heterocycles. The van der Waals surface area contributed by atoms with Crippen molar-refractivity contribution < 1.29 is 9.59 Å². The summed E-state index contributed by atoms with van der Waals surface area (Å²) < 4.78 is 0.727. The second-order valence-electron chi connectivity index (χ2n) is 4.85. The molecule has 0 aromatic carbocycles. The highest BCUT2D eigenvalue weighted by molar-refractivity contribution is 9.10. The van der Waals surface area contributed by atoms with E-state index in [1.807, 2.05) is 0 Å². The standard InChI is InChI=1S/C13H16BrN3O2/c1-17-5-3-2-4-13(11(15)18,12(17)19)9-6-10(14)8-16-7-9/h6-8H,2-5H2,1H3,(H2,15,18)/t13-/m0/s1. The van der Waals surface area contributed by atoms with E-state index < -0.39 is 11.3 Å². The number of pyridine rings is 1. The highest BCUT2D eigenvalue weighted by atomic mass is 79.9. The summed E-state index contributed by atoms with van der Waals surface area (Å²) in [5, 5.41) is 0. The number of primary amides is 1. The zero-order valence-electron chi connectivity index (χ0n) is 10.7. The molecule has 0 aliphatic carbocycles. The van der Waals surface area contributed by atoms with Crippen LogP contribution in [0, 0.1) is 0 Å². The number of rotatable bonds is 2. The number of carbonyl (C=O) groups is 2. The summed E-state index contributed by atoms with van der Waals surface area (Å²) in [4.78, 5) is 30.3. The fourth-order valence-electron chi connectivity index (χ4n) is 2.56. The van der Waals surface area contributed by atoms with Crippen molar-refractivity contribution in [1.82, 2.24) is 9.88 Å². The molecule has 0 bridgehead atoms. The highest BCUT2D eigenvalue weighted by Crippen LogP contribution is 2.34. The first-order valence-electron chi connectivity index (χ1n) is 6.15. The van der Waals surface area contributed by atoms with Crippen LogP contribution in [0.3, 0.4) is 0 Å². The van der Waals surface area contributed by atoms with Crippen LogP contribution < -0.4 is 5.73 Å². The van der Waals surface area contributed by atoms with E-state index in [0.29, 0.717) is 18.5 Å². The minimum Gasteiger partial charge on any atom is -0.368 e. The van der Waals surface area contributed by atoms with Crippen molar-refractivity contribution in [3.05, 3.63) is 28.5 Å². The molecule has 102 valence electrons.